The summed E-state index contributed by atoms with van der Waals surface area (Å²) in [5.74, 6) is 2.79. The highest BCUT2D eigenvalue weighted by Gasteiger charge is 2.22. The van der Waals surface area contributed by atoms with Gasteiger partial charge in [-0.25, -0.2) is 4.98 Å². The Kier molecular flexibility index (Phi) is 5.20. The lowest BCUT2D eigenvalue weighted by Gasteiger charge is -2.15. The number of benzene rings is 1. The van der Waals surface area contributed by atoms with Gasteiger partial charge in [-0.05, 0) is 12.1 Å². The quantitative estimate of drug-likeness (QED) is 0.447. The largest absolute Gasteiger partial charge is 0.493 e. The minimum absolute atomic E-state index is 0.0266. The van der Waals surface area contributed by atoms with Crippen molar-refractivity contribution in [3.8, 4) is 17.2 Å². The molecule has 2 heterocycles. The molecule has 1 aliphatic heterocycles. The van der Waals surface area contributed by atoms with Crippen molar-refractivity contribution in [3.63, 3.8) is 0 Å². The molecule has 0 amide bonds. The molecule has 1 aliphatic rings. The van der Waals surface area contributed by atoms with E-state index in [0.717, 1.165) is 22.8 Å². The summed E-state index contributed by atoms with van der Waals surface area (Å²) >= 11 is 3.07. The van der Waals surface area contributed by atoms with Gasteiger partial charge in [-0.2, -0.15) is 0 Å². The Hall–Kier alpha value is -1.86. The monoisotopic (exact) mass is 362 g/mol. The van der Waals surface area contributed by atoms with Gasteiger partial charge in [-0.15, -0.1) is 18.3 Å². The Labute approximate surface area is 149 Å². The van der Waals surface area contributed by atoms with Gasteiger partial charge in [0.2, 0.25) is 0 Å². The maximum atomic E-state index is 13.0. The van der Waals surface area contributed by atoms with Gasteiger partial charge < -0.3 is 9.47 Å². The van der Waals surface area contributed by atoms with E-state index in [1.54, 1.807) is 48.8 Å². The highest BCUT2D eigenvalue weighted by atomic mass is 32.2. The summed E-state index contributed by atoms with van der Waals surface area (Å²) in [6, 6.07) is 5.43. The molecule has 126 valence electrons. The molecule has 0 radical (unpaired) electrons. The van der Waals surface area contributed by atoms with E-state index in [9.17, 15) is 4.79 Å². The number of ether oxygens (including phenoxy) is 2. The Morgan fingerprint density at radius 2 is 2.17 bits per heavy atom. The smallest absolute Gasteiger partial charge is 0.272 e. The van der Waals surface area contributed by atoms with Crippen molar-refractivity contribution in [1.29, 1.82) is 0 Å². The summed E-state index contributed by atoms with van der Waals surface area (Å²) in [4.78, 5) is 18.4. The first kappa shape index (κ1) is 17.0. The SMILES string of the molecule is C=CCSc1nc2c(c(=O)n1-c1ccc(OC)c(OC)c1)SCC2. The third-order valence-corrected chi connectivity index (χ3v) is 5.66. The van der Waals surface area contributed by atoms with Crippen LogP contribution in [-0.2, 0) is 6.42 Å². The summed E-state index contributed by atoms with van der Waals surface area (Å²) in [7, 11) is 3.16. The summed E-state index contributed by atoms with van der Waals surface area (Å²) in [6.45, 7) is 3.75. The average Bonchev–Trinajstić information content (AvgIpc) is 3.08. The second-order valence-electron chi connectivity index (χ2n) is 5.05. The maximum absolute atomic E-state index is 13.0. The van der Waals surface area contributed by atoms with Crippen LogP contribution in [0.25, 0.3) is 5.69 Å². The van der Waals surface area contributed by atoms with E-state index in [1.807, 2.05) is 6.07 Å². The van der Waals surface area contributed by atoms with Crippen LogP contribution in [-0.4, -0.2) is 35.3 Å². The third-order valence-electron chi connectivity index (χ3n) is 3.62. The maximum Gasteiger partial charge on any atom is 0.272 e. The van der Waals surface area contributed by atoms with Crippen molar-refractivity contribution in [2.75, 3.05) is 25.7 Å². The number of hydrogen-bond donors (Lipinski definition) is 0. The van der Waals surface area contributed by atoms with Gasteiger partial charge >= 0.3 is 0 Å². The minimum atomic E-state index is -0.0266. The molecule has 0 saturated heterocycles. The van der Waals surface area contributed by atoms with Crippen LogP contribution in [0.2, 0.25) is 0 Å². The molecule has 5 nitrogen and oxygen atoms in total. The van der Waals surface area contributed by atoms with Gasteiger partial charge in [0.25, 0.3) is 5.56 Å². The van der Waals surface area contributed by atoms with E-state index in [2.05, 4.69) is 6.58 Å². The first-order valence-electron chi connectivity index (χ1n) is 7.44. The van der Waals surface area contributed by atoms with E-state index in [-0.39, 0.29) is 5.56 Å². The van der Waals surface area contributed by atoms with Crippen molar-refractivity contribution in [3.05, 3.63) is 46.9 Å². The second kappa shape index (κ2) is 7.36. The Balaban J connectivity index is 2.19. The van der Waals surface area contributed by atoms with E-state index >= 15 is 0 Å². The molecule has 3 rings (SSSR count). The highest BCUT2D eigenvalue weighted by molar-refractivity contribution is 7.99. The standard InChI is InChI=1S/C17H18N2O3S2/c1-4-8-24-17-18-12-7-9-23-15(12)16(20)19(17)11-5-6-13(21-2)14(10-11)22-3/h4-6,10H,1,7-9H2,2-3H3. The summed E-state index contributed by atoms with van der Waals surface area (Å²) in [5, 5.41) is 0.674. The van der Waals surface area contributed by atoms with Crippen LogP contribution >= 0.6 is 23.5 Å². The fourth-order valence-electron chi connectivity index (χ4n) is 2.51. The topological polar surface area (TPSA) is 53.4 Å². The number of fused-ring (bicyclic) bond motifs is 1. The molecule has 0 fully saturated rings. The molecule has 0 spiro atoms. The Morgan fingerprint density at radius 1 is 1.38 bits per heavy atom. The number of thioether (sulfide) groups is 2. The lowest BCUT2D eigenvalue weighted by molar-refractivity contribution is 0.354. The summed E-state index contributed by atoms with van der Waals surface area (Å²) < 4.78 is 12.3. The molecule has 0 bridgehead atoms. The van der Waals surface area contributed by atoms with Crippen molar-refractivity contribution >= 4 is 23.5 Å². The van der Waals surface area contributed by atoms with Crippen LogP contribution in [0.3, 0.4) is 0 Å². The van der Waals surface area contributed by atoms with Crippen molar-refractivity contribution in [2.45, 2.75) is 16.5 Å². The predicted molar refractivity (Wildman–Crippen MR) is 98.3 cm³/mol. The zero-order valence-corrected chi connectivity index (χ0v) is 15.2. The Morgan fingerprint density at radius 3 is 2.88 bits per heavy atom. The predicted octanol–water partition coefficient (Wildman–Crippen LogP) is 3.18. The molecule has 0 N–H and O–H groups in total. The molecule has 1 aromatic heterocycles. The summed E-state index contributed by atoms with van der Waals surface area (Å²) in [5.41, 5.74) is 1.58. The molecule has 0 aliphatic carbocycles. The lowest BCUT2D eigenvalue weighted by atomic mass is 10.2. The molecular formula is C17H18N2O3S2. The molecule has 24 heavy (non-hydrogen) atoms. The molecule has 2 aromatic rings. The number of hydrogen-bond acceptors (Lipinski definition) is 6. The first-order chi connectivity index (χ1) is 11.7. The van der Waals surface area contributed by atoms with Crippen LogP contribution in [0.4, 0.5) is 0 Å². The molecule has 1 aromatic carbocycles. The number of methoxy groups -OCH3 is 2. The molecule has 7 heteroatoms. The van der Waals surface area contributed by atoms with E-state index < -0.39 is 0 Å². The Bertz CT molecular complexity index is 833. The van der Waals surface area contributed by atoms with Gasteiger partial charge in [0, 0.05) is 24.0 Å². The second-order valence-corrected chi connectivity index (χ2v) is 7.14. The van der Waals surface area contributed by atoms with Crippen LogP contribution < -0.4 is 15.0 Å². The van der Waals surface area contributed by atoms with Crippen molar-refractivity contribution in [2.24, 2.45) is 0 Å². The van der Waals surface area contributed by atoms with E-state index in [0.29, 0.717) is 28.1 Å². The number of aromatic nitrogens is 2. The van der Waals surface area contributed by atoms with Gasteiger partial charge in [0.05, 0.1) is 30.5 Å². The highest BCUT2D eigenvalue weighted by Crippen LogP contribution is 2.33. The van der Waals surface area contributed by atoms with Gasteiger partial charge in [-0.1, -0.05) is 17.8 Å². The van der Waals surface area contributed by atoms with Crippen molar-refractivity contribution < 1.29 is 9.47 Å². The van der Waals surface area contributed by atoms with Crippen LogP contribution in [0.5, 0.6) is 11.5 Å². The van der Waals surface area contributed by atoms with Gasteiger partial charge in [-0.3, -0.25) is 9.36 Å². The lowest BCUT2D eigenvalue weighted by Crippen LogP contribution is -2.24. The van der Waals surface area contributed by atoms with E-state index in [4.69, 9.17) is 14.5 Å². The fraction of sp³-hybridized carbons (Fsp3) is 0.294. The third kappa shape index (κ3) is 3.06. The van der Waals surface area contributed by atoms with Gasteiger partial charge in [0.1, 0.15) is 0 Å². The average molecular weight is 362 g/mol. The fourth-order valence-corrected chi connectivity index (χ4v) is 4.30. The zero-order valence-electron chi connectivity index (χ0n) is 13.6. The molecule has 0 unspecified atom stereocenters. The van der Waals surface area contributed by atoms with Crippen molar-refractivity contribution in [1.82, 2.24) is 9.55 Å². The van der Waals surface area contributed by atoms with Gasteiger partial charge in [0.15, 0.2) is 16.7 Å². The van der Waals surface area contributed by atoms with Crippen LogP contribution in [0.15, 0.2) is 45.7 Å². The number of aryl methyl sites for hydroxylation is 1. The molecular weight excluding hydrogens is 344 g/mol. The van der Waals surface area contributed by atoms with Crippen LogP contribution in [0, 0.1) is 0 Å². The zero-order chi connectivity index (χ0) is 17.1. The normalized spacial score (nSPS) is 12.8. The number of rotatable bonds is 6. The molecule has 0 atom stereocenters. The summed E-state index contributed by atoms with van der Waals surface area (Å²) in [6.07, 6.45) is 2.64. The minimum Gasteiger partial charge on any atom is -0.493 e. The number of nitrogens with zero attached hydrogens (tertiary/aromatic N) is 2. The molecule has 0 saturated carbocycles. The van der Waals surface area contributed by atoms with Crippen LogP contribution in [0.1, 0.15) is 5.69 Å². The first-order valence-corrected chi connectivity index (χ1v) is 9.41. The van der Waals surface area contributed by atoms with E-state index in [1.165, 1.54) is 11.8 Å².